The van der Waals surface area contributed by atoms with E-state index in [0.717, 1.165) is 0 Å². The van der Waals surface area contributed by atoms with Crippen LogP contribution in [0.5, 0.6) is 0 Å². The maximum atomic E-state index is 10.2. The van der Waals surface area contributed by atoms with Crippen LogP contribution in [0.15, 0.2) is 18.2 Å². The summed E-state index contributed by atoms with van der Waals surface area (Å²) in [6, 6.07) is 4.77. The number of rotatable bonds is 1. The molecule has 1 heterocycles. The Bertz CT molecular complexity index is 262. The van der Waals surface area contributed by atoms with Gasteiger partial charge in [-0.3, -0.25) is 4.98 Å². The molecule has 0 aliphatic carbocycles. The summed E-state index contributed by atoms with van der Waals surface area (Å²) in [7, 11) is 0. The van der Waals surface area contributed by atoms with Crippen LogP contribution in [-0.2, 0) is 0 Å². The Morgan fingerprint density at radius 1 is 1.55 bits per heavy atom. The number of carbonyl (C=O) groups is 1. The molecular formula is C7H6KNO2. The summed E-state index contributed by atoms with van der Waals surface area (Å²) in [6.07, 6.45) is 0. The van der Waals surface area contributed by atoms with Gasteiger partial charge in [0, 0.05) is 5.69 Å². The number of pyridine rings is 1. The van der Waals surface area contributed by atoms with E-state index in [-0.39, 0.29) is 57.1 Å². The second-order valence-corrected chi connectivity index (χ2v) is 1.95. The molecule has 0 N–H and O–H groups in total. The van der Waals surface area contributed by atoms with Gasteiger partial charge >= 0.3 is 51.4 Å². The molecule has 4 heteroatoms. The number of aromatic carboxylic acids is 1. The third kappa shape index (κ3) is 3.44. The van der Waals surface area contributed by atoms with Crippen molar-refractivity contribution in [1.82, 2.24) is 4.98 Å². The van der Waals surface area contributed by atoms with Gasteiger partial charge in [-0.15, -0.1) is 0 Å². The van der Waals surface area contributed by atoms with Crippen LogP contribution >= 0.6 is 0 Å². The molecule has 0 bridgehead atoms. The van der Waals surface area contributed by atoms with Crippen molar-refractivity contribution < 1.29 is 61.3 Å². The van der Waals surface area contributed by atoms with Crippen molar-refractivity contribution in [3.05, 3.63) is 29.6 Å². The average molecular weight is 175 g/mol. The van der Waals surface area contributed by atoms with Gasteiger partial charge in [-0.25, -0.2) is 0 Å². The third-order valence-corrected chi connectivity index (χ3v) is 1.10. The minimum absolute atomic E-state index is 0. The Balaban J connectivity index is 0.000001000. The van der Waals surface area contributed by atoms with Gasteiger partial charge in [0.25, 0.3) is 0 Å². The van der Waals surface area contributed by atoms with Crippen molar-refractivity contribution in [1.29, 1.82) is 0 Å². The van der Waals surface area contributed by atoms with Crippen LogP contribution in [0.1, 0.15) is 16.2 Å². The molecule has 0 radical (unpaired) electrons. The monoisotopic (exact) mass is 175 g/mol. The number of nitrogens with zero attached hydrogens (tertiary/aromatic N) is 1. The van der Waals surface area contributed by atoms with E-state index in [1.165, 1.54) is 6.07 Å². The van der Waals surface area contributed by atoms with E-state index in [9.17, 15) is 9.90 Å². The van der Waals surface area contributed by atoms with Crippen LogP contribution in [-0.4, -0.2) is 11.0 Å². The number of hydrogen-bond acceptors (Lipinski definition) is 3. The smallest absolute Gasteiger partial charge is 0.543 e. The summed E-state index contributed by atoms with van der Waals surface area (Å²) in [6.45, 7) is 1.73. The summed E-state index contributed by atoms with van der Waals surface area (Å²) in [5.41, 5.74) is 0.668. The van der Waals surface area contributed by atoms with E-state index in [1.54, 1.807) is 19.1 Å². The van der Waals surface area contributed by atoms with E-state index in [0.29, 0.717) is 5.69 Å². The normalized spacial score (nSPS) is 8.45. The molecule has 0 saturated heterocycles. The molecule has 11 heavy (non-hydrogen) atoms. The van der Waals surface area contributed by atoms with E-state index < -0.39 is 5.97 Å². The Morgan fingerprint density at radius 2 is 2.18 bits per heavy atom. The van der Waals surface area contributed by atoms with Crippen molar-refractivity contribution in [3.8, 4) is 0 Å². The maximum Gasteiger partial charge on any atom is 1.00 e. The average Bonchev–Trinajstić information content (AvgIpc) is 1.88. The van der Waals surface area contributed by atoms with Crippen LogP contribution in [0.2, 0.25) is 0 Å². The van der Waals surface area contributed by atoms with Gasteiger partial charge in [0.15, 0.2) is 0 Å². The molecule has 0 saturated carbocycles. The molecule has 52 valence electrons. The molecular weight excluding hydrogens is 169 g/mol. The van der Waals surface area contributed by atoms with Crippen molar-refractivity contribution in [2.24, 2.45) is 0 Å². The van der Waals surface area contributed by atoms with Crippen LogP contribution in [0.25, 0.3) is 0 Å². The first-order chi connectivity index (χ1) is 4.70. The molecule has 0 aromatic carbocycles. The second-order valence-electron chi connectivity index (χ2n) is 1.95. The number of carbonyl (C=O) groups excluding carboxylic acids is 1. The van der Waals surface area contributed by atoms with Crippen LogP contribution in [0, 0.1) is 6.92 Å². The standard InChI is InChI=1S/C7H7NO2.K/c1-5-3-2-4-6(8-5)7(9)10;/h2-4H,1H3,(H,9,10);/q;+1/p-1. The van der Waals surface area contributed by atoms with Crippen LogP contribution in [0.3, 0.4) is 0 Å². The van der Waals surface area contributed by atoms with E-state index >= 15 is 0 Å². The van der Waals surface area contributed by atoms with Gasteiger partial charge in [-0.1, -0.05) is 6.07 Å². The van der Waals surface area contributed by atoms with Gasteiger partial charge in [0.05, 0.1) is 11.7 Å². The molecule has 3 nitrogen and oxygen atoms in total. The fraction of sp³-hybridized carbons (Fsp3) is 0.143. The van der Waals surface area contributed by atoms with Crippen molar-refractivity contribution in [2.75, 3.05) is 0 Å². The topological polar surface area (TPSA) is 53.0 Å². The molecule has 0 spiro atoms. The number of aryl methyl sites for hydroxylation is 1. The summed E-state index contributed by atoms with van der Waals surface area (Å²) in [5.74, 6) is -1.23. The zero-order valence-electron chi connectivity index (χ0n) is 6.50. The van der Waals surface area contributed by atoms with E-state index in [2.05, 4.69) is 4.98 Å². The minimum Gasteiger partial charge on any atom is -0.543 e. The number of carboxylic acids is 1. The van der Waals surface area contributed by atoms with Gasteiger partial charge in [-0.05, 0) is 19.1 Å². The van der Waals surface area contributed by atoms with Crippen LogP contribution < -0.4 is 56.5 Å². The quantitative estimate of drug-likeness (QED) is 0.421. The van der Waals surface area contributed by atoms with E-state index in [1.807, 2.05) is 0 Å². The predicted octanol–water partition coefficient (Wildman–Crippen LogP) is -3.24. The molecule has 1 aromatic heterocycles. The van der Waals surface area contributed by atoms with Gasteiger partial charge < -0.3 is 9.90 Å². The first kappa shape index (κ1) is 11.3. The van der Waals surface area contributed by atoms with Gasteiger partial charge in [0.2, 0.25) is 0 Å². The Kier molecular flexibility index (Phi) is 5.12. The molecule has 1 rings (SSSR count). The molecule has 0 amide bonds. The second kappa shape index (κ2) is 5.00. The van der Waals surface area contributed by atoms with Crippen molar-refractivity contribution >= 4 is 5.97 Å². The van der Waals surface area contributed by atoms with Crippen molar-refractivity contribution in [2.45, 2.75) is 6.92 Å². The first-order valence-electron chi connectivity index (χ1n) is 2.85. The predicted molar refractivity (Wildman–Crippen MR) is 33.3 cm³/mol. The largest absolute Gasteiger partial charge is 1.00 e. The molecule has 0 fully saturated rings. The third-order valence-electron chi connectivity index (χ3n) is 1.10. The van der Waals surface area contributed by atoms with Crippen molar-refractivity contribution in [3.63, 3.8) is 0 Å². The molecule has 0 aliphatic heterocycles. The molecule has 0 unspecified atom stereocenters. The molecule has 0 atom stereocenters. The Morgan fingerprint density at radius 3 is 2.55 bits per heavy atom. The Hall–Kier alpha value is 0.256. The van der Waals surface area contributed by atoms with Gasteiger partial charge in [0.1, 0.15) is 0 Å². The number of aromatic nitrogens is 1. The zero-order chi connectivity index (χ0) is 7.56. The van der Waals surface area contributed by atoms with E-state index in [4.69, 9.17) is 0 Å². The first-order valence-corrected chi connectivity index (χ1v) is 2.85. The Labute approximate surface area is 107 Å². The summed E-state index contributed by atoms with van der Waals surface area (Å²) in [4.78, 5) is 13.9. The fourth-order valence-corrected chi connectivity index (χ4v) is 0.657. The van der Waals surface area contributed by atoms with Crippen LogP contribution in [0.4, 0.5) is 0 Å². The summed E-state index contributed by atoms with van der Waals surface area (Å²) < 4.78 is 0. The number of carboxylic acid groups (broad SMARTS) is 1. The fourth-order valence-electron chi connectivity index (χ4n) is 0.657. The molecule has 1 aromatic rings. The SMILES string of the molecule is Cc1cccc(C(=O)[O-])n1.[K+]. The molecule has 0 aliphatic rings. The summed E-state index contributed by atoms with van der Waals surface area (Å²) >= 11 is 0. The van der Waals surface area contributed by atoms with Gasteiger partial charge in [-0.2, -0.15) is 0 Å². The number of hydrogen-bond donors (Lipinski definition) is 0. The summed E-state index contributed by atoms with van der Waals surface area (Å²) in [5, 5.41) is 10.2. The zero-order valence-corrected chi connectivity index (χ0v) is 9.62. The minimum atomic E-state index is -1.23. The maximum absolute atomic E-state index is 10.2.